The van der Waals surface area contributed by atoms with E-state index in [2.05, 4.69) is 6.92 Å². The molecule has 2 aliphatic carbocycles. The fraction of sp³-hybridized carbons (Fsp3) is 0.909. The summed E-state index contributed by atoms with van der Waals surface area (Å²) in [5.74, 6) is -0.949. The molecule has 0 unspecified atom stereocenters. The zero-order valence-corrected chi connectivity index (χ0v) is 8.79. The standard InChI is InChI=1S/C11H18O3/c1-10-4-3-8(12)11(2,6-10)5-7(10)9(13)14/h7-8,12H,3-6H2,1-2H3,(H,13,14)/t7-,8+,10+,11+/m0/s1. The molecule has 3 heteroatoms. The van der Waals surface area contributed by atoms with Crippen molar-refractivity contribution >= 4 is 5.97 Å². The number of carboxylic acids is 1. The maximum Gasteiger partial charge on any atom is 0.307 e. The molecule has 0 aromatic carbocycles. The van der Waals surface area contributed by atoms with Gasteiger partial charge in [-0.05, 0) is 36.5 Å². The molecule has 0 aromatic heterocycles. The Balaban J connectivity index is 2.32. The van der Waals surface area contributed by atoms with Gasteiger partial charge in [-0.25, -0.2) is 0 Å². The van der Waals surface area contributed by atoms with E-state index in [0.29, 0.717) is 6.42 Å². The van der Waals surface area contributed by atoms with Crippen LogP contribution < -0.4 is 0 Å². The van der Waals surface area contributed by atoms with Crippen LogP contribution in [0.4, 0.5) is 0 Å². The number of aliphatic carboxylic acids is 1. The number of aliphatic hydroxyl groups excluding tert-OH is 1. The van der Waals surface area contributed by atoms with E-state index < -0.39 is 5.97 Å². The molecule has 3 nitrogen and oxygen atoms in total. The van der Waals surface area contributed by atoms with Crippen molar-refractivity contribution < 1.29 is 15.0 Å². The van der Waals surface area contributed by atoms with E-state index in [0.717, 1.165) is 19.3 Å². The molecule has 0 spiro atoms. The van der Waals surface area contributed by atoms with Crippen LogP contribution in [0.1, 0.15) is 39.5 Å². The van der Waals surface area contributed by atoms with Gasteiger partial charge in [0.05, 0.1) is 12.0 Å². The maximum absolute atomic E-state index is 11.1. The largest absolute Gasteiger partial charge is 0.481 e. The molecule has 0 saturated heterocycles. The highest BCUT2D eigenvalue weighted by Crippen LogP contribution is 2.61. The summed E-state index contributed by atoms with van der Waals surface area (Å²) in [7, 11) is 0. The zero-order valence-electron chi connectivity index (χ0n) is 8.79. The highest BCUT2D eigenvalue weighted by atomic mass is 16.4. The molecule has 2 fully saturated rings. The summed E-state index contributed by atoms with van der Waals surface area (Å²) in [5, 5.41) is 19.0. The predicted molar refractivity (Wildman–Crippen MR) is 51.8 cm³/mol. The van der Waals surface area contributed by atoms with Crippen molar-refractivity contribution in [1.29, 1.82) is 0 Å². The van der Waals surface area contributed by atoms with Crippen LogP contribution in [0.25, 0.3) is 0 Å². The molecule has 0 aliphatic heterocycles. The van der Waals surface area contributed by atoms with Gasteiger partial charge in [0.1, 0.15) is 0 Å². The summed E-state index contributed by atoms with van der Waals surface area (Å²) in [6.45, 7) is 4.08. The minimum absolute atomic E-state index is 0.0835. The number of carboxylic acid groups (broad SMARTS) is 1. The molecule has 0 heterocycles. The molecule has 0 radical (unpaired) electrons. The van der Waals surface area contributed by atoms with Gasteiger partial charge >= 0.3 is 5.97 Å². The second-order valence-corrected chi connectivity index (χ2v) is 5.63. The molecule has 2 rings (SSSR count). The smallest absolute Gasteiger partial charge is 0.307 e. The molecule has 0 amide bonds. The Kier molecular flexibility index (Phi) is 1.94. The average molecular weight is 198 g/mol. The Bertz CT molecular complexity index is 276. The van der Waals surface area contributed by atoms with Crippen molar-refractivity contribution in [2.75, 3.05) is 0 Å². The zero-order chi connectivity index (χ0) is 10.6. The van der Waals surface area contributed by atoms with Crippen molar-refractivity contribution in [2.45, 2.75) is 45.6 Å². The first-order valence-corrected chi connectivity index (χ1v) is 5.28. The number of rotatable bonds is 1. The fourth-order valence-electron chi connectivity index (χ4n) is 3.55. The molecule has 2 N–H and O–H groups in total. The molecule has 4 atom stereocenters. The van der Waals surface area contributed by atoms with E-state index in [1.807, 2.05) is 6.92 Å². The van der Waals surface area contributed by atoms with Crippen LogP contribution in [-0.4, -0.2) is 22.3 Å². The molecular formula is C11H18O3. The van der Waals surface area contributed by atoms with Crippen LogP contribution in [0.3, 0.4) is 0 Å². The molecule has 2 saturated carbocycles. The normalized spacial score (nSPS) is 51.9. The number of hydrogen-bond donors (Lipinski definition) is 2. The Hall–Kier alpha value is -0.570. The Morgan fingerprint density at radius 2 is 2.00 bits per heavy atom. The lowest BCUT2D eigenvalue weighted by atomic mass is 9.68. The Morgan fingerprint density at radius 1 is 1.36 bits per heavy atom. The van der Waals surface area contributed by atoms with Crippen molar-refractivity contribution in [1.82, 2.24) is 0 Å². The lowest BCUT2D eigenvalue weighted by molar-refractivity contribution is -0.145. The van der Waals surface area contributed by atoms with Crippen LogP contribution in [-0.2, 0) is 4.79 Å². The maximum atomic E-state index is 11.1. The molecule has 0 aromatic rings. The van der Waals surface area contributed by atoms with Gasteiger partial charge in [-0.1, -0.05) is 13.8 Å². The summed E-state index contributed by atoms with van der Waals surface area (Å²) in [6, 6.07) is 0. The first-order chi connectivity index (χ1) is 6.37. The number of hydrogen-bond acceptors (Lipinski definition) is 2. The number of aliphatic hydroxyl groups is 1. The monoisotopic (exact) mass is 198 g/mol. The SMILES string of the molecule is C[C@]12C[C@@H](C(=O)O)[C@](C)(CC[C@H]1O)C2. The van der Waals surface area contributed by atoms with E-state index in [1.54, 1.807) is 0 Å². The summed E-state index contributed by atoms with van der Waals surface area (Å²) in [6.07, 6.45) is 2.80. The Morgan fingerprint density at radius 3 is 2.50 bits per heavy atom. The van der Waals surface area contributed by atoms with Crippen LogP contribution >= 0.6 is 0 Å². The van der Waals surface area contributed by atoms with Crippen LogP contribution in [0.2, 0.25) is 0 Å². The van der Waals surface area contributed by atoms with Crippen LogP contribution in [0.5, 0.6) is 0 Å². The minimum atomic E-state index is -0.690. The Labute approximate surface area is 84.1 Å². The lowest BCUT2D eigenvalue weighted by Crippen LogP contribution is -2.36. The van der Waals surface area contributed by atoms with E-state index >= 15 is 0 Å². The van der Waals surface area contributed by atoms with Crippen molar-refractivity contribution in [2.24, 2.45) is 16.7 Å². The van der Waals surface area contributed by atoms with Gasteiger partial charge in [0.2, 0.25) is 0 Å². The van der Waals surface area contributed by atoms with Gasteiger partial charge < -0.3 is 10.2 Å². The third kappa shape index (κ3) is 1.18. The van der Waals surface area contributed by atoms with Crippen LogP contribution in [0.15, 0.2) is 0 Å². The molecule has 2 bridgehead atoms. The summed E-state index contributed by atoms with van der Waals surface area (Å²) < 4.78 is 0. The van der Waals surface area contributed by atoms with Crippen molar-refractivity contribution in [3.05, 3.63) is 0 Å². The average Bonchev–Trinajstić information content (AvgIpc) is 2.31. The van der Waals surface area contributed by atoms with Crippen LogP contribution in [0, 0.1) is 16.7 Å². The lowest BCUT2D eigenvalue weighted by Gasteiger charge is -2.39. The summed E-state index contributed by atoms with van der Waals surface area (Å²) in [5.41, 5.74) is -0.240. The van der Waals surface area contributed by atoms with Gasteiger partial charge in [0.25, 0.3) is 0 Å². The second-order valence-electron chi connectivity index (χ2n) is 5.63. The van der Waals surface area contributed by atoms with E-state index in [4.69, 9.17) is 5.11 Å². The molecule has 2 aliphatic rings. The molecule has 80 valence electrons. The molecular weight excluding hydrogens is 180 g/mol. The van der Waals surface area contributed by atoms with E-state index in [1.165, 1.54) is 0 Å². The summed E-state index contributed by atoms with van der Waals surface area (Å²) >= 11 is 0. The third-order valence-electron chi connectivity index (χ3n) is 4.41. The van der Waals surface area contributed by atoms with Crippen molar-refractivity contribution in [3.63, 3.8) is 0 Å². The number of carbonyl (C=O) groups is 1. The van der Waals surface area contributed by atoms with Gasteiger partial charge in [-0.2, -0.15) is 0 Å². The van der Waals surface area contributed by atoms with Gasteiger partial charge in [0.15, 0.2) is 0 Å². The fourth-order valence-corrected chi connectivity index (χ4v) is 3.55. The van der Waals surface area contributed by atoms with E-state index in [9.17, 15) is 9.90 Å². The predicted octanol–water partition coefficient (Wildman–Crippen LogP) is 1.65. The third-order valence-corrected chi connectivity index (χ3v) is 4.41. The van der Waals surface area contributed by atoms with E-state index in [-0.39, 0.29) is 22.9 Å². The van der Waals surface area contributed by atoms with Crippen molar-refractivity contribution in [3.8, 4) is 0 Å². The van der Waals surface area contributed by atoms with Gasteiger partial charge in [0, 0.05) is 0 Å². The second kappa shape index (κ2) is 2.72. The first kappa shape index (κ1) is 9.97. The summed E-state index contributed by atoms with van der Waals surface area (Å²) in [4.78, 5) is 11.1. The molecule has 14 heavy (non-hydrogen) atoms. The highest BCUT2D eigenvalue weighted by molar-refractivity contribution is 5.72. The highest BCUT2D eigenvalue weighted by Gasteiger charge is 2.58. The van der Waals surface area contributed by atoms with Gasteiger partial charge in [-0.15, -0.1) is 0 Å². The minimum Gasteiger partial charge on any atom is -0.481 e. The van der Waals surface area contributed by atoms with Gasteiger partial charge in [-0.3, -0.25) is 4.79 Å². The first-order valence-electron chi connectivity index (χ1n) is 5.28. The topological polar surface area (TPSA) is 57.5 Å². The quantitative estimate of drug-likeness (QED) is 0.673. The number of fused-ring (bicyclic) bond motifs is 2.